The Balaban J connectivity index is 1.34. The molecule has 1 aliphatic heterocycles. The number of rotatable bonds is 7. The number of halogens is 2. The largest absolute Gasteiger partial charge is 0.491 e. The van der Waals surface area contributed by atoms with E-state index in [-0.39, 0.29) is 29.3 Å². The van der Waals surface area contributed by atoms with Crippen LogP contribution in [0.1, 0.15) is 47.4 Å². The van der Waals surface area contributed by atoms with E-state index in [1.165, 1.54) is 23.5 Å². The topological polar surface area (TPSA) is 89.3 Å². The summed E-state index contributed by atoms with van der Waals surface area (Å²) in [5.74, 6) is 0.0122. The Bertz CT molecular complexity index is 1450. The second kappa shape index (κ2) is 10.7. The van der Waals surface area contributed by atoms with E-state index in [4.69, 9.17) is 4.74 Å². The predicted octanol–water partition coefficient (Wildman–Crippen LogP) is 4.03. The SMILES string of the molecule is CCOc1cnc(N2CCC(n3cc(F)c4c(Cc5ccc(C(=O)N(C)C)cc5F)ncnc43)CC2)nc1. The standard InChI is InChI=1S/C27H29F2N7O2/c1-4-38-20-13-30-27(31-14-20)35-9-7-19(8-10-35)36-15-22(29)24-23(32-16-33-25(24)36)12-17-5-6-18(11-21(17)28)26(37)34(2)3/h5-6,11,13-16,19H,4,7-10,12H2,1-3H3. The van der Waals surface area contributed by atoms with Gasteiger partial charge < -0.3 is 19.1 Å². The summed E-state index contributed by atoms with van der Waals surface area (Å²) in [6, 6.07) is 4.37. The van der Waals surface area contributed by atoms with Gasteiger partial charge in [-0.05, 0) is 37.5 Å². The molecule has 1 fully saturated rings. The van der Waals surface area contributed by atoms with Gasteiger partial charge in [0.2, 0.25) is 5.95 Å². The molecule has 1 aromatic carbocycles. The van der Waals surface area contributed by atoms with Gasteiger partial charge in [-0.15, -0.1) is 0 Å². The molecule has 5 rings (SSSR count). The van der Waals surface area contributed by atoms with Gasteiger partial charge in [0, 0.05) is 51.4 Å². The maximum atomic E-state index is 15.2. The Hall–Kier alpha value is -4.15. The minimum absolute atomic E-state index is 0.0387. The highest BCUT2D eigenvalue weighted by Crippen LogP contribution is 2.31. The Morgan fingerprint density at radius 3 is 2.47 bits per heavy atom. The number of benzene rings is 1. The van der Waals surface area contributed by atoms with Crippen LogP contribution in [0.25, 0.3) is 11.0 Å². The average Bonchev–Trinajstić information content (AvgIpc) is 3.27. The number of anilines is 1. The Morgan fingerprint density at radius 2 is 1.82 bits per heavy atom. The van der Waals surface area contributed by atoms with E-state index in [2.05, 4.69) is 24.8 Å². The smallest absolute Gasteiger partial charge is 0.253 e. The van der Waals surface area contributed by atoms with Gasteiger partial charge in [0.15, 0.2) is 11.6 Å². The number of ether oxygens (including phenoxy) is 1. The highest BCUT2D eigenvalue weighted by Gasteiger charge is 2.26. The Morgan fingerprint density at radius 1 is 1.08 bits per heavy atom. The second-order valence-corrected chi connectivity index (χ2v) is 9.46. The van der Waals surface area contributed by atoms with Crippen molar-refractivity contribution < 1.29 is 18.3 Å². The molecule has 0 saturated carbocycles. The molecule has 198 valence electrons. The molecular weight excluding hydrogens is 492 g/mol. The van der Waals surface area contributed by atoms with Gasteiger partial charge in [0.05, 0.1) is 30.1 Å². The van der Waals surface area contributed by atoms with Crippen molar-refractivity contribution >= 4 is 22.9 Å². The van der Waals surface area contributed by atoms with E-state index in [0.29, 0.717) is 48.3 Å². The van der Waals surface area contributed by atoms with Crippen LogP contribution >= 0.6 is 0 Å². The van der Waals surface area contributed by atoms with E-state index in [1.54, 1.807) is 38.6 Å². The zero-order chi connectivity index (χ0) is 26.8. The molecule has 4 heterocycles. The van der Waals surface area contributed by atoms with Crippen LogP contribution < -0.4 is 9.64 Å². The maximum Gasteiger partial charge on any atom is 0.253 e. The summed E-state index contributed by atoms with van der Waals surface area (Å²) < 4.78 is 37.4. The van der Waals surface area contributed by atoms with Crippen molar-refractivity contribution in [2.24, 2.45) is 0 Å². The summed E-state index contributed by atoms with van der Waals surface area (Å²) in [5.41, 5.74) is 1.47. The first kappa shape index (κ1) is 25.5. The highest BCUT2D eigenvalue weighted by atomic mass is 19.1. The normalized spacial score (nSPS) is 14.2. The van der Waals surface area contributed by atoms with Crippen LogP contribution in [0.4, 0.5) is 14.7 Å². The van der Waals surface area contributed by atoms with E-state index in [1.807, 2.05) is 11.5 Å². The van der Waals surface area contributed by atoms with E-state index in [0.717, 1.165) is 12.8 Å². The summed E-state index contributed by atoms with van der Waals surface area (Å²) in [4.78, 5) is 33.1. The summed E-state index contributed by atoms with van der Waals surface area (Å²) >= 11 is 0. The number of nitrogens with zero attached hydrogens (tertiary/aromatic N) is 7. The molecule has 11 heteroatoms. The monoisotopic (exact) mass is 521 g/mol. The zero-order valence-electron chi connectivity index (χ0n) is 21.6. The first-order valence-corrected chi connectivity index (χ1v) is 12.6. The maximum absolute atomic E-state index is 15.2. The van der Waals surface area contributed by atoms with Crippen LogP contribution in [0, 0.1) is 11.6 Å². The number of carbonyl (C=O) groups excluding carboxylic acids is 1. The number of amides is 1. The minimum Gasteiger partial charge on any atom is -0.491 e. The molecule has 4 aromatic rings. The molecule has 1 aliphatic rings. The molecule has 3 aromatic heterocycles. The minimum atomic E-state index is -0.534. The van der Waals surface area contributed by atoms with Gasteiger partial charge >= 0.3 is 0 Å². The van der Waals surface area contributed by atoms with E-state index in [9.17, 15) is 9.18 Å². The van der Waals surface area contributed by atoms with Crippen LogP contribution in [0.2, 0.25) is 0 Å². The van der Waals surface area contributed by atoms with Gasteiger partial charge in [0.25, 0.3) is 5.91 Å². The highest BCUT2D eigenvalue weighted by molar-refractivity contribution is 5.94. The first-order valence-electron chi connectivity index (χ1n) is 12.6. The number of fused-ring (bicyclic) bond motifs is 1. The van der Waals surface area contributed by atoms with Crippen LogP contribution in [-0.2, 0) is 6.42 Å². The lowest BCUT2D eigenvalue weighted by atomic mass is 10.0. The van der Waals surface area contributed by atoms with Crippen LogP contribution in [0.3, 0.4) is 0 Å². The van der Waals surface area contributed by atoms with Crippen molar-refractivity contribution in [3.8, 4) is 5.75 Å². The summed E-state index contributed by atoms with van der Waals surface area (Å²) in [6.07, 6.45) is 7.79. The zero-order valence-corrected chi connectivity index (χ0v) is 21.6. The number of carbonyl (C=O) groups is 1. The van der Waals surface area contributed by atoms with Crippen molar-refractivity contribution in [3.63, 3.8) is 0 Å². The number of hydrogen-bond acceptors (Lipinski definition) is 7. The third-order valence-corrected chi connectivity index (χ3v) is 6.77. The summed E-state index contributed by atoms with van der Waals surface area (Å²) in [5, 5.41) is 0.289. The van der Waals surface area contributed by atoms with Crippen LogP contribution in [0.15, 0.2) is 43.1 Å². The molecule has 0 spiro atoms. The van der Waals surface area contributed by atoms with Crippen LogP contribution in [0.5, 0.6) is 5.75 Å². The lowest BCUT2D eigenvalue weighted by Crippen LogP contribution is -2.35. The summed E-state index contributed by atoms with van der Waals surface area (Å²) in [6.45, 7) is 3.88. The second-order valence-electron chi connectivity index (χ2n) is 9.46. The Kier molecular flexibility index (Phi) is 7.17. The molecule has 0 atom stereocenters. The van der Waals surface area contributed by atoms with Gasteiger partial charge in [-0.1, -0.05) is 6.07 Å². The summed E-state index contributed by atoms with van der Waals surface area (Å²) in [7, 11) is 3.22. The molecule has 1 saturated heterocycles. The quantitative estimate of drug-likeness (QED) is 0.363. The van der Waals surface area contributed by atoms with Crippen molar-refractivity contribution in [1.29, 1.82) is 0 Å². The van der Waals surface area contributed by atoms with Crippen molar-refractivity contribution in [1.82, 2.24) is 29.4 Å². The molecule has 1 amide bonds. The van der Waals surface area contributed by atoms with E-state index < -0.39 is 11.6 Å². The number of piperidine rings is 1. The first-order chi connectivity index (χ1) is 18.4. The average molecular weight is 522 g/mol. The lowest BCUT2D eigenvalue weighted by Gasteiger charge is -2.32. The fraction of sp³-hybridized carbons (Fsp3) is 0.370. The fourth-order valence-electron chi connectivity index (χ4n) is 4.83. The van der Waals surface area contributed by atoms with Crippen molar-refractivity contribution in [3.05, 3.63) is 71.6 Å². The van der Waals surface area contributed by atoms with Crippen LogP contribution in [-0.4, -0.2) is 69.1 Å². The Labute approximate surface area is 219 Å². The van der Waals surface area contributed by atoms with Gasteiger partial charge in [0.1, 0.15) is 17.8 Å². The fourth-order valence-corrected chi connectivity index (χ4v) is 4.83. The van der Waals surface area contributed by atoms with Gasteiger partial charge in [-0.3, -0.25) is 4.79 Å². The van der Waals surface area contributed by atoms with Gasteiger partial charge in [-0.2, -0.15) is 0 Å². The number of aromatic nitrogens is 5. The molecule has 0 aliphatic carbocycles. The third-order valence-electron chi connectivity index (χ3n) is 6.77. The van der Waals surface area contributed by atoms with Crippen molar-refractivity contribution in [2.75, 3.05) is 38.7 Å². The third kappa shape index (κ3) is 5.00. The molecule has 0 unspecified atom stereocenters. The molecule has 0 radical (unpaired) electrons. The van der Waals surface area contributed by atoms with Gasteiger partial charge in [-0.25, -0.2) is 28.7 Å². The molecule has 9 nitrogen and oxygen atoms in total. The van der Waals surface area contributed by atoms with E-state index >= 15 is 4.39 Å². The van der Waals surface area contributed by atoms with Crippen molar-refractivity contribution in [2.45, 2.75) is 32.2 Å². The molecule has 0 bridgehead atoms. The predicted molar refractivity (Wildman–Crippen MR) is 138 cm³/mol. The molecular formula is C27H29F2N7O2. The molecule has 38 heavy (non-hydrogen) atoms. The lowest BCUT2D eigenvalue weighted by molar-refractivity contribution is 0.0827. The molecule has 0 N–H and O–H groups in total. The number of hydrogen-bond donors (Lipinski definition) is 0.